The molecule has 2 heteroatoms. The highest BCUT2D eigenvalue weighted by molar-refractivity contribution is 4.53. The van der Waals surface area contributed by atoms with E-state index in [1.807, 2.05) is 7.05 Å². The van der Waals surface area contributed by atoms with Gasteiger partial charge in [-0.2, -0.15) is 0 Å². The monoisotopic (exact) mass is 144 g/mol. The third-order valence-corrected chi connectivity index (χ3v) is 1.59. The molecule has 0 aromatic carbocycles. The summed E-state index contributed by atoms with van der Waals surface area (Å²) in [6, 6.07) is 0.384. The third-order valence-electron chi connectivity index (χ3n) is 1.59. The van der Waals surface area contributed by atoms with Crippen molar-refractivity contribution in [1.82, 2.24) is 5.32 Å². The molecule has 0 bridgehead atoms. The molecule has 0 heterocycles. The Labute approximate surface area is 64.2 Å². The molecule has 1 unspecified atom stereocenters. The molecule has 0 amide bonds. The highest BCUT2D eigenvalue weighted by Gasteiger charge is 1.92. The summed E-state index contributed by atoms with van der Waals surface area (Å²) in [5.41, 5.74) is 5.59. The van der Waals surface area contributed by atoms with Crippen LogP contribution >= 0.6 is 0 Å². The van der Waals surface area contributed by atoms with Crippen molar-refractivity contribution in [2.75, 3.05) is 13.6 Å². The van der Waals surface area contributed by atoms with E-state index in [9.17, 15) is 0 Å². The van der Waals surface area contributed by atoms with E-state index < -0.39 is 0 Å². The summed E-state index contributed by atoms with van der Waals surface area (Å²) in [7, 11) is 1.99. The van der Waals surface area contributed by atoms with Crippen molar-refractivity contribution in [2.24, 2.45) is 5.73 Å². The van der Waals surface area contributed by atoms with Crippen LogP contribution in [0.2, 0.25) is 0 Å². The number of nitrogens with one attached hydrogen (secondary N) is 1. The fourth-order valence-electron chi connectivity index (χ4n) is 0.945. The van der Waals surface area contributed by atoms with Crippen LogP contribution in [0.1, 0.15) is 32.6 Å². The van der Waals surface area contributed by atoms with E-state index in [2.05, 4.69) is 12.2 Å². The second-order valence-electron chi connectivity index (χ2n) is 2.93. The highest BCUT2D eigenvalue weighted by Crippen LogP contribution is 2.00. The Balaban J connectivity index is 2.77. The van der Waals surface area contributed by atoms with Gasteiger partial charge in [0, 0.05) is 6.04 Å². The average molecular weight is 144 g/mol. The van der Waals surface area contributed by atoms with Crippen LogP contribution in [0.5, 0.6) is 0 Å². The van der Waals surface area contributed by atoms with Crippen molar-refractivity contribution in [3.05, 3.63) is 0 Å². The van der Waals surface area contributed by atoms with E-state index in [1.54, 1.807) is 0 Å². The van der Waals surface area contributed by atoms with E-state index in [1.165, 1.54) is 25.7 Å². The number of nitrogens with two attached hydrogens (primary N) is 1. The van der Waals surface area contributed by atoms with E-state index in [0.29, 0.717) is 6.04 Å². The van der Waals surface area contributed by atoms with Crippen LogP contribution in [-0.2, 0) is 0 Å². The van der Waals surface area contributed by atoms with Crippen molar-refractivity contribution in [1.29, 1.82) is 0 Å². The zero-order valence-corrected chi connectivity index (χ0v) is 7.19. The molecule has 0 aliphatic carbocycles. The molecule has 0 saturated carbocycles. The SMILES string of the molecule is CNCCCCCC(C)N. The fourth-order valence-corrected chi connectivity index (χ4v) is 0.945. The molecule has 0 aliphatic rings. The Morgan fingerprint density at radius 2 is 2.00 bits per heavy atom. The molecule has 62 valence electrons. The van der Waals surface area contributed by atoms with Gasteiger partial charge in [-0.05, 0) is 33.4 Å². The van der Waals surface area contributed by atoms with Gasteiger partial charge in [-0.25, -0.2) is 0 Å². The summed E-state index contributed by atoms with van der Waals surface area (Å²) >= 11 is 0. The Morgan fingerprint density at radius 3 is 2.50 bits per heavy atom. The average Bonchev–Trinajstić information content (AvgIpc) is 1.87. The fraction of sp³-hybridized carbons (Fsp3) is 1.00. The predicted octanol–water partition coefficient (Wildman–Crippen LogP) is 1.11. The van der Waals surface area contributed by atoms with Crippen molar-refractivity contribution in [3.63, 3.8) is 0 Å². The topological polar surface area (TPSA) is 38.0 Å². The number of unbranched alkanes of at least 4 members (excludes halogenated alkanes) is 2. The summed E-state index contributed by atoms with van der Waals surface area (Å²) in [4.78, 5) is 0. The van der Waals surface area contributed by atoms with Gasteiger partial charge in [-0.1, -0.05) is 12.8 Å². The van der Waals surface area contributed by atoms with Gasteiger partial charge in [0.25, 0.3) is 0 Å². The first-order valence-electron chi connectivity index (χ1n) is 4.17. The van der Waals surface area contributed by atoms with Crippen molar-refractivity contribution < 1.29 is 0 Å². The lowest BCUT2D eigenvalue weighted by atomic mass is 10.1. The molecule has 3 N–H and O–H groups in total. The van der Waals surface area contributed by atoms with Gasteiger partial charge < -0.3 is 11.1 Å². The molecule has 1 atom stereocenters. The minimum atomic E-state index is 0.384. The molecule has 0 aromatic heterocycles. The van der Waals surface area contributed by atoms with Gasteiger partial charge in [0.15, 0.2) is 0 Å². The van der Waals surface area contributed by atoms with E-state index >= 15 is 0 Å². The van der Waals surface area contributed by atoms with Crippen LogP contribution in [-0.4, -0.2) is 19.6 Å². The van der Waals surface area contributed by atoms with Gasteiger partial charge in [-0.3, -0.25) is 0 Å². The molecule has 10 heavy (non-hydrogen) atoms. The van der Waals surface area contributed by atoms with Gasteiger partial charge in [0.2, 0.25) is 0 Å². The molecule has 0 rings (SSSR count). The van der Waals surface area contributed by atoms with E-state index in [4.69, 9.17) is 5.73 Å². The summed E-state index contributed by atoms with van der Waals surface area (Å²) in [5, 5.41) is 3.12. The summed E-state index contributed by atoms with van der Waals surface area (Å²) in [6.07, 6.45) is 5.04. The lowest BCUT2D eigenvalue weighted by Gasteiger charge is -2.03. The molecule has 0 aliphatic heterocycles. The van der Waals surface area contributed by atoms with Crippen molar-refractivity contribution in [2.45, 2.75) is 38.6 Å². The first-order valence-corrected chi connectivity index (χ1v) is 4.17. The molecule has 0 spiro atoms. The van der Waals surface area contributed by atoms with Crippen molar-refractivity contribution >= 4 is 0 Å². The van der Waals surface area contributed by atoms with Gasteiger partial charge in [0.05, 0.1) is 0 Å². The van der Waals surface area contributed by atoms with Crippen LogP contribution in [0.25, 0.3) is 0 Å². The zero-order chi connectivity index (χ0) is 7.82. The lowest BCUT2D eigenvalue weighted by molar-refractivity contribution is 0.569. The first-order chi connectivity index (χ1) is 4.77. The first kappa shape index (κ1) is 9.92. The number of rotatable bonds is 6. The smallest absolute Gasteiger partial charge is 0.00104 e. The normalized spacial score (nSPS) is 13.5. The van der Waals surface area contributed by atoms with Crippen LogP contribution in [0.15, 0.2) is 0 Å². The molecule has 0 aromatic rings. The molecule has 0 fully saturated rings. The Hall–Kier alpha value is -0.0800. The number of hydrogen-bond acceptors (Lipinski definition) is 2. The van der Waals surface area contributed by atoms with Crippen LogP contribution in [0.3, 0.4) is 0 Å². The highest BCUT2D eigenvalue weighted by atomic mass is 14.8. The van der Waals surface area contributed by atoms with Crippen LogP contribution in [0.4, 0.5) is 0 Å². The maximum atomic E-state index is 5.59. The molecule has 0 radical (unpaired) electrons. The minimum Gasteiger partial charge on any atom is -0.328 e. The minimum absolute atomic E-state index is 0.384. The Bertz CT molecular complexity index is 62.3. The summed E-state index contributed by atoms with van der Waals surface area (Å²) in [6.45, 7) is 3.21. The Morgan fingerprint density at radius 1 is 1.30 bits per heavy atom. The Kier molecular flexibility index (Phi) is 6.98. The van der Waals surface area contributed by atoms with Crippen LogP contribution < -0.4 is 11.1 Å². The quantitative estimate of drug-likeness (QED) is 0.548. The van der Waals surface area contributed by atoms with E-state index in [0.717, 1.165) is 6.54 Å². The van der Waals surface area contributed by atoms with E-state index in [-0.39, 0.29) is 0 Å². The van der Waals surface area contributed by atoms with Gasteiger partial charge >= 0.3 is 0 Å². The zero-order valence-electron chi connectivity index (χ0n) is 7.19. The lowest BCUT2D eigenvalue weighted by Crippen LogP contribution is -2.14. The van der Waals surface area contributed by atoms with Crippen molar-refractivity contribution in [3.8, 4) is 0 Å². The van der Waals surface area contributed by atoms with Gasteiger partial charge in [0.1, 0.15) is 0 Å². The molecule has 0 saturated heterocycles. The number of hydrogen-bond donors (Lipinski definition) is 2. The second-order valence-corrected chi connectivity index (χ2v) is 2.93. The summed E-state index contributed by atoms with van der Waals surface area (Å²) in [5.74, 6) is 0. The maximum Gasteiger partial charge on any atom is 0.00104 e. The van der Waals surface area contributed by atoms with Gasteiger partial charge in [-0.15, -0.1) is 0 Å². The maximum absolute atomic E-state index is 5.59. The largest absolute Gasteiger partial charge is 0.328 e. The van der Waals surface area contributed by atoms with Crippen LogP contribution in [0, 0.1) is 0 Å². The second kappa shape index (κ2) is 7.03. The summed E-state index contributed by atoms with van der Waals surface area (Å²) < 4.78 is 0. The molecular formula is C8H20N2. The molecule has 2 nitrogen and oxygen atoms in total. The standard InChI is InChI=1S/C8H20N2/c1-8(9)6-4-3-5-7-10-2/h8,10H,3-7,9H2,1-2H3. The predicted molar refractivity (Wildman–Crippen MR) is 46.0 cm³/mol. The molecular weight excluding hydrogens is 124 g/mol. The third kappa shape index (κ3) is 7.92.